The second-order valence-electron chi connectivity index (χ2n) is 12.1. The van der Waals surface area contributed by atoms with Gasteiger partial charge in [0.15, 0.2) is 0 Å². The quantitative estimate of drug-likeness (QED) is 0.0277. The highest BCUT2D eigenvalue weighted by atomic mass is 32.2. The predicted molar refractivity (Wildman–Crippen MR) is 178 cm³/mol. The van der Waals surface area contributed by atoms with Crippen molar-refractivity contribution in [2.24, 2.45) is 0 Å². The van der Waals surface area contributed by atoms with E-state index in [-0.39, 0.29) is 18.7 Å². The van der Waals surface area contributed by atoms with Crippen molar-refractivity contribution in [3.05, 3.63) is 23.8 Å². The van der Waals surface area contributed by atoms with Crippen LogP contribution in [0.5, 0.6) is 0 Å². The van der Waals surface area contributed by atoms with Gasteiger partial charge in [-0.05, 0) is 71.6 Å². The third kappa shape index (κ3) is 33.1. The summed E-state index contributed by atoms with van der Waals surface area (Å²) in [5.41, 5.74) is 0.856. The fraction of sp³-hybridized carbons (Fsp3) is 0.829. The number of carbonyl (C=O) groups excluding carboxylic acids is 2. The lowest BCUT2D eigenvalue weighted by Gasteiger charge is -2.13. The Balaban J connectivity index is 3.53. The van der Waals surface area contributed by atoms with Gasteiger partial charge in [-0.3, -0.25) is 9.35 Å². The SMILES string of the molecule is CCCCCC/C=C\CCCCCCCCCCCCCC(=O)O[C@@H](C)CCCCC/C(C)=C\C(=O)OCCS(=O)(=O)O. The van der Waals surface area contributed by atoms with Crippen LogP contribution in [0.25, 0.3) is 0 Å². The maximum absolute atomic E-state index is 12.1. The molecule has 0 aromatic heterocycles. The molecule has 252 valence electrons. The van der Waals surface area contributed by atoms with Crippen LogP contribution in [-0.4, -0.2) is 43.4 Å². The Hall–Kier alpha value is -1.67. The topological polar surface area (TPSA) is 107 Å². The Morgan fingerprint density at radius 1 is 0.721 bits per heavy atom. The summed E-state index contributed by atoms with van der Waals surface area (Å²) in [5.74, 6) is -1.31. The van der Waals surface area contributed by atoms with Crippen LogP contribution in [0, 0.1) is 0 Å². The second-order valence-corrected chi connectivity index (χ2v) is 13.7. The standard InChI is InChI=1S/C35H64O7S/c1-4-5-6-7-8-9-10-11-12-13-14-15-16-17-18-19-20-21-25-28-34(36)42-33(3)27-24-22-23-26-32(2)31-35(37)41-29-30-43(38,39)40/h9-10,31,33H,4-8,11-30H2,1-3H3,(H,38,39,40)/b10-9-,32-31-/t33-/m0/s1. The normalized spacial score (nSPS) is 13.0. The van der Waals surface area contributed by atoms with E-state index in [0.717, 1.165) is 50.5 Å². The molecule has 0 aliphatic carbocycles. The van der Waals surface area contributed by atoms with Crippen LogP contribution in [0.3, 0.4) is 0 Å². The van der Waals surface area contributed by atoms with Crippen LogP contribution in [-0.2, 0) is 29.2 Å². The van der Waals surface area contributed by atoms with E-state index in [9.17, 15) is 18.0 Å². The molecule has 0 aromatic rings. The van der Waals surface area contributed by atoms with Crippen LogP contribution >= 0.6 is 0 Å². The van der Waals surface area contributed by atoms with Gasteiger partial charge in [-0.25, -0.2) is 4.79 Å². The maximum Gasteiger partial charge on any atom is 0.330 e. The molecule has 0 aliphatic heterocycles. The second kappa shape index (κ2) is 29.1. The third-order valence-electron chi connectivity index (χ3n) is 7.61. The van der Waals surface area contributed by atoms with Crippen molar-refractivity contribution < 1.29 is 32.0 Å². The zero-order chi connectivity index (χ0) is 32.0. The molecule has 0 fully saturated rings. The Morgan fingerprint density at radius 2 is 1.21 bits per heavy atom. The largest absolute Gasteiger partial charge is 0.463 e. The summed E-state index contributed by atoms with van der Waals surface area (Å²) >= 11 is 0. The van der Waals surface area contributed by atoms with Gasteiger partial charge >= 0.3 is 11.9 Å². The van der Waals surface area contributed by atoms with Crippen LogP contribution < -0.4 is 0 Å². The first kappa shape index (κ1) is 41.3. The van der Waals surface area contributed by atoms with E-state index >= 15 is 0 Å². The molecule has 0 saturated heterocycles. The van der Waals surface area contributed by atoms with Gasteiger partial charge in [0.2, 0.25) is 0 Å². The molecule has 0 bridgehead atoms. The van der Waals surface area contributed by atoms with Crippen molar-refractivity contribution >= 4 is 22.1 Å². The van der Waals surface area contributed by atoms with Gasteiger partial charge < -0.3 is 9.47 Å². The molecule has 1 N–H and O–H groups in total. The van der Waals surface area contributed by atoms with E-state index in [1.807, 2.05) is 13.8 Å². The number of carbonyl (C=O) groups is 2. The summed E-state index contributed by atoms with van der Waals surface area (Å²) in [5, 5.41) is 0. The summed E-state index contributed by atoms with van der Waals surface area (Å²) in [7, 11) is -4.13. The summed E-state index contributed by atoms with van der Waals surface area (Å²) < 4.78 is 40.2. The number of ether oxygens (including phenoxy) is 2. The lowest BCUT2D eigenvalue weighted by molar-refractivity contribution is -0.148. The van der Waals surface area contributed by atoms with E-state index in [4.69, 9.17) is 14.0 Å². The molecule has 8 heteroatoms. The van der Waals surface area contributed by atoms with E-state index in [2.05, 4.69) is 19.1 Å². The van der Waals surface area contributed by atoms with Crippen molar-refractivity contribution in [3.8, 4) is 0 Å². The molecule has 1 atom stereocenters. The van der Waals surface area contributed by atoms with E-state index in [0.29, 0.717) is 6.42 Å². The van der Waals surface area contributed by atoms with Crippen molar-refractivity contribution in [3.63, 3.8) is 0 Å². The smallest absolute Gasteiger partial charge is 0.330 e. The van der Waals surface area contributed by atoms with Crippen LogP contribution in [0.15, 0.2) is 23.8 Å². The minimum Gasteiger partial charge on any atom is -0.463 e. The Labute approximate surface area is 264 Å². The lowest BCUT2D eigenvalue weighted by Crippen LogP contribution is -2.14. The first-order valence-corrected chi connectivity index (χ1v) is 18.9. The maximum atomic E-state index is 12.1. The Morgan fingerprint density at radius 3 is 1.77 bits per heavy atom. The van der Waals surface area contributed by atoms with Crippen LogP contribution in [0.4, 0.5) is 0 Å². The average Bonchev–Trinajstić information content (AvgIpc) is 2.93. The van der Waals surface area contributed by atoms with E-state index < -0.39 is 21.8 Å². The Kier molecular flexibility index (Phi) is 27.9. The van der Waals surface area contributed by atoms with Gasteiger partial charge in [0.05, 0.1) is 6.10 Å². The summed E-state index contributed by atoms with van der Waals surface area (Å²) in [4.78, 5) is 23.8. The van der Waals surface area contributed by atoms with Gasteiger partial charge in [0.25, 0.3) is 10.1 Å². The molecule has 0 aliphatic rings. The zero-order valence-electron chi connectivity index (χ0n) is 27.8. The molecular formula is C35H64O7S. The highest BCUT2D eigenvalue weighted by Crippen LogP contribution is 2.15. The van der Waals surface area contributed by atoms with E-state index in [1.165, 1.54) is 102 Å². The van der Waals surface area contributed by atoms with Gasteiger partial charge in [0.1, 0.15) is 12.4 Å². The fourth-order valence-corrected chi connectivity index (χ4v) is 5.26. The average molecular weight is 629 g/mol. The van der Waals surface area contributed by atoms with Gasteiger partial charge in [-0.2, -0.15) is 8.42 Å². The third-order valence-corrected chi connectivity index (χ3v) is 8.29. The van der Waals surface area contributed by atoms with Gasteiger partial charge in [-0.1, -0.05) is 108 Å². The van der Waals surface area contributed by atoms with Crippen molar-refractivity contribution in [1.29, 1.82) is 0 Å². The Bertz CT molecular complexity index is 848. The summed E-state index contributed by atoms with van der Waals surface area (Å²) in [6.45, 7) is 5.67. The minimum atomic E-state index is -4.13. The first-order valence-electron chi connectivity index (χ1n) is 17.3. The van der Waals surface area contributed by atoms with Gasteiger partial charge in [-0.15, -0.1) is 0 Å². The monoisotopic (exact) mass is 628 g/mol. The molecule has 0 amide bonds. The molecule has 0 unspecified atom stereocenters. The number of hydrogen-bond acceptors (Lipinski definition) is 6. The number of allylic oxidation sites excluding steroid dienone is 3. The van der Waals surface area contributed by atoms with Crippen molar-refractivity contribution in [2.45, 2.75) is 175 Å². The fourth-order valence-electron chi connectivity index (χ4n) is 4.96. The van der Waals surface area contributed by atoms with Gasteiger partial charge in [0, 0.05) is 12.5 Å². The molecule has 7 nitrogen and oxygen atoms in total. The molecule has 0 rings (SSSR count). The molecule has 0 spiro atoms. The molecule has 0 radical (unpaired) electrons. The zero-order valence-corrected chi connectivity index (χ0v) is 28.6. The number of hydrogen-bond donors (Lipinski definition) is 1. The first-order chi connectivity index (χ1) is 20.6. The summed E-state index contributed by atoms with van der Waals surface area (Å²) in [6.07, 6.45) is 32.7. The molecular weight excluding hydrogens is 564 g/mol. The number of rotatable bonds is 30. The number of esters is 2. The summed E-state index contributed by atoms with van der Waals surface area (Å²) in [6, 6.07) is 0. The van der Waals surface area contributed by atoms with Crippen LogP contribution in [0.1, 0.15) is 168 Å². The molecule has 0 saturated carbocycles. The van der Waals surface area contributed by atoms with E-state index in [1.54, 1.807) is 0 Å². The van der Waals surface area contributed by atoms with Crippen LogP contribution in [0.2, 0.25) is 0 Å². The number of unbranched alkanes of at least 4 members (excludes halogenated alkanes) is 17. The molecule has 43 heavy (non-hydrogen) atoms. The lowest BCUT2D eigenvalue weighted by atomic mass is 10.0. The predicted octanol–water partition coefficient (Wildman–Crippen LogP) is 9.84. The highest BCUT2D eigenvalue weighted by molar-refractivity contribution is 7.85. The molecule has 0 aromatic carbocycles. The minimum absolute atomic E-state index is 0.0845. The molecule has 0 heterocycles. The highest BCUT2D eigenvalue weighted by Gasteiger charge is 2.10. The van der Waals surface area contributed by atoms with Crippen molar-refractivity contribution in [2.75, 3.05) is 12.4 Å². The van der Waals surface area contributed by atoms with Crippen molar-refractivity contribution in [1.82, 2.24) is 0 Å².